The molecule has 6 heteroatoms. The topological polar surface area (TPSA) is 70.5 Å². The minimum Gasteiger partial charge on any atom is -0.478 e. The molecule has 2 aromatic rings. The number of carboxylic acids is 1. The van der Waals surface area contributed by atoms with Gasteiger partial charge in [0.1, 0.15) is 5.69 Å². The van der Waals surface area contributed by atoms with E-state index in [-0.39, 0.29) is 23.2 Å². The number of aromatic nitrogens is 1. The van der Waals surface area contributed by atoms with E-state index in [2.05, 4.69) is 4.98 Å². The third-order valence-electron chi connectivity index (χ3n) is 3.33. The normalized spacial score (nSPS) is 10.7. The summed E-state index contributed by atoms with van der Waals surface area (Å²) in [7, 11) is 0. The molecule has 0 spiro atoms. The molecule has 2 heterocycles. The minimum atomic E-state index is -1.04. The van der Waals surface area contributed by atoms with E-state index in [1.165, 1.54) is 12.1 Å². The van der Waals surface area contributed by atoms with Crippen LogP contribution in [0.3, 0.4) is 0 Å². The number of thiophene rings is 1. The SMILES string of the molecule is Cc1nc(C(=O)N(Cc2cccs2)C(C)C)ccc1C(=O)O. The summed E-state index contributed by atoms with van der Waals surface area (Å²) >= 11 is 1.60. The average molecular weight is 318 g/mol. The van der Waals surface area contributed by atoms with E-state index in [9.17, 15) is 9.59 Å². The van der Waals surface area contributed by atoms with Crippen LogP contribution in [0.4, 0.5) is 0 Å². The predicted octanol–water partition coefficient (Wildman–Crippen LogP) is 3.20. The van der Waals surface area contributed by atoms with Gasteiger partial charge in [0.05, 0.1) is 17.8 Å². The van der Waals surface area contributed by atoms with Crippen molar-refractivity contribution >= 4 is 23.2 Å². The summed E-state index contributed by atoms with van der Waals surface area (Å²) in [5.41, 5.74) is 0.733. The molecule has 0 saturated carbocycles. The standard InChI is InChI=1S/C16H18N2O3S/c1-10(2)18(9-12-5-4-8-22-12)15(19)14-7-6-13(16(20)21)11(3)17-14/h4-8,10H,9H2,1-3H3,(H,20,21). The number of hydrogen-bond acceptors (Lipinski definition) is 4. The molecule has 0 unspecified atom stereocenters. The van der Waals surface area contributed by atoms with Crippen molar-refractivity contribution < 1.29 is 14.7 Å². The van der Waals surface area contributed by atoms with E-state index in [0.717, 1.165) is 4.88 Å². The van der Waals surface area contributed by atoms with Gasteiger partial charge in [0.25, 0.3) is 5.91 Å². The Morgan fingerprint density at radius 3 is 2.55 bits per heavy atom. The van der Waals surface area contributed by atoms with Crippen LogP contribution in [-0.2, 0) is 6.54 Å². The van der Waals surface area contributed by atoms with Gasteiger partial charge in [0, 0.05) is 10.9 Å². The first-order chi connectivity index (χ1) is 10.4. The van der Waals surface area contributed by atoms with Gasteiger partial charge in [0.15, 0.2) is 0 Å². The summed E-state index contributed by atoms with van der Waals surface area (Å²) in [6.07, 6.45) is 0. The van der Waals surface area contributed by atoms with Gasteiger partial charge >= 0.3 is 5.97 Å². The molecule has 1 N–H and O–H groups in total. The molecule has 0 radical (unpaired) electrons. The van der Waals surface area contributed by atoms with E-state index in [0.29, 0.717) is 12.2 Å². The highest BCUT2D eigenvalue weighted by molar-refractivity contribution is 7.09. The largest absolute Gasteiger partial charge is 0.478 e. The van der Waals surface area contributed by atoms with Crippen molar-refractivity contribution in [1.82, 2.24) is 9.88 Å². The summed E-state index contributed by atoms with van der Waals surface area (Å²) in [6.45, 7) is 6.02. The van der Waals surface area contributed by atoms with E-state index in [4.69, 9.17) is 5.11 Å². The molecule has 0 aliphatic rings. The maximum absolute atomic E-state index is 12.7. The van der Waals surface area contributed by atoms with Crippen molar-refractivity contribution in [2.24, 2.45) is 0 Å². The Bertz CT molecular complexity index is 681. The van der Waals surface area contributed by atoms with Gasteiger partial charge in [-0.05, 0) is 44.4 Å². The number of carbonyl (C=O) groups is 2. The Kier molecular flexibility index (Phi) is 4.92. The lowest BCUT2D eigenvalue weighted by molar-refractivity contribution is 0.0674. The molecule has 2 rings (SSSR count). The number of aryl methyl sites for hydroxylation is 1. The Labute approximate surface area is 133 Å². The first kappa shape index (κ1) is 16.2. The molecular formula is C16H18N2O3S. The third kappa shape index (κ3) is 3.51. The number of carboxylic acid groups (broad SMARTS) is 1. The van der Waals surface area contributed by atoms with Crippen molar-refractivity contribution in [3.63, 3.8) is 0 Å². The predicted molar refractivity (Wildman–Crippen MR) is 85.3 cm³/mol. The summed E-state index contributed by atoms with van der Waals surface area (Å²) in [5.74, 6) is -1.23. The number of amides is 1. The van der Waals surface area contributed by atoms with E-state index >= 15 is 0 Å². The quantitative estimate of drug-likeness (QED) is 0.919. The lowest BCUT2D eigenvalue weighted by Gasteiger charge is -2.26. The molecule has 22 heavy (non-hydrogen) atoms. The van der Waals surface area contributed by atoms with Crippen molar-refractivity contribution in [3.05, 3.63) is 51.5 Å². The van der Waals surface area contributed by atoms with Crippen molar-refractivity contribution in [1.29, 1.82) is 0 Å². The minimum absolute atomic E-state index is 0.0239. The van der Waals surface area contributed by atoms with Crippen molar-refractivity contribution in [2.75, 3.05) is 0 Å². The molecule has 0 fully saturated rings. The fourth-order valence-electron chi connectivity index (χ4n) is 2.11. The molecule has 116 valence electrons. The molecule has 0 atom stereocenters. The number of nitrogens with zero attached hydrogens (tertiary/aromatic N) is 2. The van der Waals surface area contributed by atoms with Gasteiger partial charge in [-0.15, -0.1) is 11.3 Å². The first-order valence-electron chi connectivity index (χ1n) is 6.94. The molecule has 5 nitrogen and oxygen atoms in total. The smallest absolute Gasteiger partial charge is 0.337 e. The van der Waals surface area contributed by atoms with Gasteiger partial charge in [-0.3, -0.25) is 4.79 Å². The number of pyridine rings is 1. The van der Waals surface area contributed by atoms with E-state index in [1.54, 1.807) is 23.2 Å². The van der Waals surface area contributed by atoms with E-state index in [1.807, 2.05) is 31.4 Å². The number of carbonyl (C=O) groups excluding carboxylic acids is 1. The van der Waals surface area contributed by atoms with Crippen molar-refractivity contribution in [3.8, 4) is 0 Å². The van der Waals surface area contributed by atoms with Gasteiger partial charge < -0.3 is 10.0 Å². The van der Waals surface area contributed by atoms with Crippen LogP contribution in [0.15, 0.2) is 29.6 Å². The average Bonchev–Trinajstić information content (AvgIpc) is 2.96. The number of rotatable bonds is 5. The summed E-state index contributed by atoms with van der Waals surface area (Å²) in [6, 6.07) is 6.87. The number of hydrogen-bond donors (Lipinski definition) is 1. The zero-order valence-corrected chi connectivity index (χ0v) is 13.6. The second-order valence-corrected chi connectivity index (χ2v) is 6.27. The fraction of sp³-hybridized carbons (Fsp3) is 0.312. The van der Waals surface area contributed by atoms with Gasteiger partial charge in [-0.1, -0.05) is 6.07 Å². The van der Waals surface area contributed by atoms with Crippen LogP contribution >= 0.6 is 11.3 Å². The molecule has 0 aliphatic heterocycles. The van der Waals surface area contributed by atoms with Crippen LogP contribution in [0.5, 0.6) is 0 Å². The maximum Gasteiger partial charge on any atom is 0.337 e. The zero-order valence-electron chi connectivity index (χ0n) is 12.7. The molecule has 0 bridgehead atoms. The highest BCUT2D eigenvalue weighted by Crippen LogP contribution is 2.17. The zero-order chi connectivity index (χ0) is 16.3. The van der Waals surface area contributed by atoms with Crippen LogP contribution < -0.4 is 0 Å². The van der Waals surface area contributed by atoms with Crippen LogP contribution in [-0.4, -0.2) is 32.9 Å². The highest BCUT2D eigenvalue weighted by atomic mass is 32.1. The van der Waals surface area contributed by atoms with Crippen LogP contribution in [0.1, 0.15) is 45.3 Å². The Balaban J connectivity index is 2.27. The summed E-state index contributed by atoms with van der Waals surface area (Å²) < 4.78 is 0. The van der Waals surface area contributed by atoms with Crippen LogP contribution in [0.25, 0.3) is 0 Å². The lowest BCUT2D eigenvalue weighted by Crippen LogP contribution is -2.36. The monoisotopic (exact) mass is 318 g/mol. The Morgan fingerprint density at radius 2 is 2.05 bits per heavy atom. The van der Waals surface area contributed by atoms with Gasteiger partial charge in [0.2, 0.25) is 0 Å². The molecule has 0 aromatic carbocycles. The van der Waals surface area contributed by atoms with Crippen LogP contribution in [0.2, 0.25) is 0 Å². The molecule has 2 aromatic heterocycles. The molecule has 1 amide bonds. The summed E-state index contributed by atoms with van der Waals surface area (Å²) in [4.78, 5) is 30.7. The molecule has 0 saturated heterocycles. The lowest BCUT2D eigenvalue weighted by atomic mass is 10.1. The first-order valence-corrected chi connectivity index (χ1v) is 7.82. The van der Waals surface area contributed by atoms with Crippen molar-refractivity contribution in [2.45, 2.75) is 33.4 Å². The number of aromatic carboxylic acids is 1. The Hall–Kier alpha value is -2.21. The second kappa shape index (κ2) is 6.70. The summed E-state index contributed by atoms with van der Waals surface area (Å²) in [5, 5.41) is 11.0. The van der Waals surface area contributed by atoms with Gasteiger partial charge in [-0.25, -0.2) is 9.78 Å². The second-order valence-electron chi connectivity index (χ2n) is 5.24. The molecule has 0 aliphatic carbocycles. The maximum atomic E-state index is 12.7. The molecular weight excluding hydrogens is 300 g/mol. The Morgan fingerprint density at radius 1 is 1.32 bits per heavy atom. The fourth-order valence-corrected chi connectivity index (χ4v) is 2.82. The van der Waals surface area contributed by atoms with E-state index < -0.39 is 5.97 Å². The van der Waals surface area contributed by atoms with Gasteiger partial charge in [-0.2, -0.15) is 0 Å². The third-order valence-corrected chi connectivity index (χ3v) is 4.19. The highest BCUT2D eigenvalue weighted by Gasteiger charge is 2.22. The van der Waals surface area contributed by atoms with Crippen LogP contribution in [0, 0.1) is 6.92 Å².